The first kappa shape index (κ1) is 33.5. The number of rotatable bonds is 15. The molecule has 0 atom stereocenters. The van der Waals surface area contributed by atoms with Crippen LogP contribution in [-0.4, -0.2) is 37.1 Å². The monoisotopic (exact) mass is 566 g/mol. The highest BCUT2D eigenvalue weighted by Crippen LogP contribution is 2.31. The summed E-state index contributed by atoms with van der Waals surface area (Å²) in [5.74, 6) is 1.81. The van der Waals surface area contributed by atoms with Gasteiger partial charge < -0.3 is 19.3 Å². The fourth-order valence-corrected chi connectivity index (χ4v) is 5.98. The van der Waals surface area contributed by atoms with Crippen LogP contribution in [0.25, 0.3) is 0 Å². The summed E-state index contributed by atoms with van der Waals surface area (Å²) in [6.07, 6.45) is 22.8. The van der Waals surface area contributed by atoms with Crippen LogP contribution in [0.4, 0.5) is 0 Å². The molecule has 230 valence electrons. The van der Waals surface area contributed by atoms with Crippen LogP contribution >= 0.6 is 0 Å². The number of ether oxygens (including phenoxy) is 3. The van der Waals surface area contributed by atoms with Gasteiger partial charge in [-0.2, -0.15) is 0 Å². The second-order valence-electron chi connectivity index (χ2n) is 12.1. The van der Waals surface area contributed by atoms with E-state index in [4.69, 9.17) is 14.2 Å². The summed E-state index contributed by atoms with van der Waals surface area (Å²) in [4.78, 5) is 0. The van der Waals surface area contributed by atoms with Crippen LogP contribution in [0.1, 0.15) is 127 Å². The van der Waals surface area contributed by atoms with Crippen LogP contribution < -0.4 is 9.47 Å². The zero-order valence-electron chi connectivity index (χ0n) is 26.1. The van der Waals surface area contributed by atoms with E-state index >= 15 is 0 Å². The van der Waals surface area contributed by atoms with Gasteiger partial charge in [-0.05, 0) is 55.4 Å². The zero-order valence-corrected chi connectivity index (χ0v) is 26.1. The van der Waals surface area contributed by atoms with Crippen molar-refractivity contribution in [1.29, 1.82) is 0 Å². The molecule has 0 saturated carbocycles. The highest BCUT2D eigenvalue weighted by atomic mass is 16.5. The van der Waals surface area contributed by atoms with Crippen LogP contribution in [-0.2, 0) is 17.6 Å². The number of benzene rings is 2. The Balaban J connectivity index is 1.45. The summed E-state index contributed by atoms with van der Waals surface area (Å²) in [5, 5.41) is 11.9. The van der Waals surface area contributed by atoms with Gasteiger partial charge >= 0.3 is 0 Å². The molecule has 3 rings (SSSR count). The molecule has 0 radical (unpaired) electrons. The van der Waals surface area contributed by atoms with Crippen molar-refractivity contribution in [3.8, 4) is 11.5 Å². The third kappa shape index (κ3) is 14.1. The number of hydrogen-bond acceptors (Lipinski definition) is 4. The van der Waals surface area contributed by atoms with Crippen molar-refractivity contribution in [2.75, 3.05) is 26.4 Å². The van der Waals surface area contributed by atoms with Gasteiger partial charge in [0, 0.05) is 0 Å². The molecule has 41 heavy (non-hydrogen) atoms. The summed E-state index contributed by atoms with van der Waals surface area (Å²) in [6, 6.07) is 16.5. The largest absolute Gasteiger partial charge is 0.491 e. The lowest BCUT2D eigenvalue weighted by atomic mass is 9.84. The van der Waals surface area contributed by atoms with Crippen molar-refractivity contribution in [2.45, 2.75) is 135 Å². The van der Waals surface area contributed by atoms with Crippen LogP contribution in [0.5, 0.6) is 11.5 Å². The van der Waals surface area contributed by atoms with E-state index in [9.17, 15) is 5.11 Å². The highest BCUT2D eigenvalue weighted by Gasteiger charge is 2.27. The first-order valence-electron chi connectivity index (χ1n) is 16.9. The van der Waals surface area contributed by atoms with E-state index < -0.39 is 5.60 Å². The van der Waals surface area contributed by atoms with Gasteiger partial charge in [0.2, 0.25) is 0 Å². The summed E-state index contributed by atoms with van der Waals surface area (Å²) in [6.45, 7) is 4.37. The van der Waals surface area contributed by atoms with Crippen LogP contribution in [0.15, 0.2) is 48.5 Å². The first-order chi connectivity index (χ1) is 20.2. The molecule has 2 aromatic rings. The van der Waals surface area contributed by atoms with Crippen molar-refractivity contribution < 1.29 is 19.3 Å². The average Bonchev–Trinajstić information content (AvgIpc) is 2.99. The number of hydrogen-bond donors (Lipinski definition) is 1. The molecule has 1 aliphatic heterocycles. The number of unbranched alkanes of at least 4 members (excludes halogenated alkanes) is 13. The van der Waals surface area contributed by atoms with Crippen molar-refractivity contribution in [2.24, 2.45) is 0 Å². The van der Waals surface area contributed by atoms with Gasteiger partial charge in [0.05, 0.1) is 18.8 Å². The van der Waals surface area contributed by atoms with Crippen LogP contribution in [0, 0.1) is 0 Å². The van der Waals surface area contributed by atoms with Gasteiger partial charge in [0.1, 0.15) is 24.7 Å². The van der Waals surface area contributed by atoms with Crippen LogP contribution in [0.3, 0.4) is 0 Å². The summed E-state index contributed by atoms with van der Waals surface area (Å²) < 4.78 is 17.8. The normalized spacial score (nSPS) is 16.2. The molecule has 1 aliphatic rings. The van der Waals surface area contributed by atoms with Crippen LogP contribution in [0.2, 0.25) is 0 Å². The second kappa shape index (κ2) is 20.8. The van der Waals surface area contributed by atoms with Crippen molar-refractivity contribution in [3.63, 3.8) is 0 Å². The Bertz CT molecular complexity index is 871. The Morgan fingerprint density at radius 3 is 1.44 bits per heavy atom. The summed E-state index contributed by atoms with van der Waals surface area (Å²) in [7, 11) is 0. The smallest absolute Gasteiger partial charge is 0.122 e. The van der Waals surface area contributed by atoms with E-state index in [1.165, 1.54) is 94.6 Å². The van der Waals surface area contributed by atoms with Gasteiger partial charge in [0.15, 0.2) is 0 Å². The maximum atomic E-state index is 11.9. The Morgan fingerprint density at radius 2 is 0.976 bits per heavy atom. The SMILES string of the molecule is CCCCCCCCCCCCCCCCC1(O)CCc2ccccc2OCCOCCOc2ccccc2CC1. The first-order valence-corrected chi connectivity index (χ1v) is 16.9. The Morgan fingerprint density at radius 1 is 0.561 bits per heavy atom. The predicted molar refractivity (Wildman–Crippen MR) is 171 cm³/mol. The van der Waals surface area contributed by atoms with E-state index in [1.807, 2.05) is 24.3 Å². The van der Waals surface area contributed by atoms with Gasteiger partial charge in [-0.1, -0.05) is 133 Å². The molecule has 1 heterocycles. The molecule has 0 saturated heterocycles. The fourth-order valence-electron chi connectivity index (χ4n) is 5.98. The summed E-state index contributed by atoms with van der Waals surface area (Å²) >= 11 is 0. The minimum atomic E-state index is -0.697. The molecule has 0 spiro atoms. The molecule has 0 aromatic heterocycles. The van der Waals surface area contributed by atoms with E-state index in [2.05, 4.69) is 31.2 Å². The highest BCUT2D eigenvalue weighted by molar-refractivity contribution is 5.34. The minimum Gasteiger partial charge on any atom is -0.491 e. The second-order valence-corrected chi connectivity index (χ2v) is 12.1. The maximum Gasteiger partial charge on any atom is 0.122 e. The molecule has 4 nitrogen and oxygen atoms in total. The minimum absolute atomic E-state index is 0.511. The molecule has 2 aromatic carbocycles. The Kier molecular flexibility index (Phi) is 17.0. The van der Waals surface area contributed by atoms with Crippen molar-refractivity contribution in [1.82, 2.24) is 0 Å². The topological polar surface area (TPSA) is 47.9 Å². The van der Waals surface area contributed by atoms with E-state index in [0.717, 1.165) is 50.0 Å². The molecule has 0 bridgehead atoms. The maximum absolute atomic E-state index is 11.9. The number of aryl methyl sites for hydroxylation is 2. The third-order valence-corrected chi connectivity index (χ3v) is 8.63. The Labute approximate surface area is 251 Å². The molecule has 4 heteroatoms. The Hall–Kier alpha value is -2.04. The van der Waals surface area contributed by atoms with Gasteiger partial charge in [-0.3, -0.25) is 0 Å². The average molecular weight is 567 g/mol. The molecule has 0 unspecified atom stereocenters. The van der Waals surface area contributed by atoms with E-state index in [0.29, 0.717) is 26.4 Å². The fraction of sp³-hybridized carbons (Fsp3) is 0.676. The summed E-state index contributed by atoms with van der Waals surface area (Å²) in [5.41, 5.74) is 1.64. The van der Waals surface area contributed by atoms with Crippen molar-refractivity contribution >= 4 is 0 Å². The van der Waals surface area contributed by atoms with E-state index in [1.54, 1.807) is 0 Å². The lowest BCUT2D eigenvalue weighted by molar-refractivity contribution is 0.0118. The molecular weight excluding hydrogens is 508 g/mol. The quantitative estimate of drug-likeness (QED) is 0.218. The lowest BCUT2D eigenvalue weighted by Crippen LogP contribution is -2.30. The molecule has 0 amide bonds. The van der Waals surface area contributed by atoms with Gasteiger partial charge in [-0.25, -0.2) is 0 Å². The predicted octanol–water partition coefficient (Wildman–Crippen LogP) is 9.64. The zero-order chi connectivity index (χ0) is 28.9. The standard InChI is InChI=1S/C37H58O4/c1-2-3-4-5-6-7-8-9-10-11-12-13-14-19-26-37(38)27-24-33-20-15-17-22-35(33)40-31-29-39-30-32-41-36-23-18-16-21-34(36)25-28-37/h15-18,20-23,38H,2-14,19,24-32H2,1H3. The third-order valence-electron chi connectivity index (χ3n) is 8.63. The van der Waals surface area contributed by atoms with Crippen molar-refractivity contribution in [3.05, 3.63) is 59.7 Å². The number of aliphatic hydroxyl groups is 1. The molecule has 0 aliphatic carbocycles. The molecular formula is C37H58O4. The molecule has 0 fully saturated rings. The number of para-hydroxylation sites is 2. The van der Waals surface area contributed by atoms with Gasteiger partial charge in [-0.15, -0.1) is 0 Å². The van der Waals surface area contributed by atoms with E-state index in [-0.39, 0.29) is 0 Å². The molecule has 1 N–H and O–H groups in total. The number of fused-ring (bicyclic) bond motifs is 2. The van der Waals surface area contributed by atoms with Gasteiger partial charge in [0.25, 0.3) is 0 Å². The lowest BCUT2D eigenvalue weighted by Gasteiger charge is -2.29.